The van der Waals surface area contributed by atoms with Crippen molar-refractivity contribution in [2.75, 3.05) is 23.1 Å². The monoisotopic (exact) mass is 554 g/mol. The normalized spacial score (nSPS) is 13.9. The molecule has 39 heavy (non-hydrogen) atoms. The van der Waals surface area contributed by atoms with E-state index in [1.807, 2.05) is 0 Å². The molecule has 2 amide bonds. The third-order valence-electron chi connectivity index (χ3n) is 5.28. The maximum Gasteiger partial charge on any atom is 0.387 e. The highest BCUT2D eigenvalue weighted by Gasteiger charge is 2.32. The number of ether oxygens (including phenoxy) is 2. The summed E-state index contributed by atoms with van der Waals surface area (Å²) in [6, 6.07) is 18.0. The van der Waals surface area contributed by atoms with Crippen molar-refractivity contribution in [3.05, 3.63) is 94.2 Å². The Bertz CT molecular complexity index is 1450. The van der Waals surface area contributed by atoms with Crippen molar-refractivity contribution in [1.82, 2.24) is 0 Å². The molecule has 0 unspecified atom stereocenters. The predicted octanol–water partition coefficient (Wildman–Crippen LogP) is 5.32. The minimum absolute atomic E-state index is 0.0316. The summed E-state index contributed by atoms with van der Waals surface area (Å²) in [7, 11) is 1.53. The first kappa shape index (κ1) is 27.3. The number of methoxy groups -OCH3 is 1. The molecule has 0 saturated carbocycles. The molecule has 3 aromatic carbocycles. The highest BCUT2D eigenvalue weighted by Crippen LogP contribution is 2.31. The number of nitro groups is 1. The first-order valence-electron chi connectivity index (χ1n) is 11.2. The second-order valence-electron chi connectivity index (χ2n) is 7.82. The van der Waals surface area contributed by atoms with Crippen molar-refractivity contribution in [3.63, 3.8) is 0 Å². The van der Waals surface area contributed by atoms with Gasteiger partial charge in [-0.05, 0) is 54.1 Å². The van der Waals surface area contributed by atoms with Gasteiger partial charge in [0.15, 0.2) is 5.17 Å². The Morgan fingerprint density at radius 2 is 1.77 bits per heavy atom. The van der Waals surface area contributed by atoms with Gasteiger partial charge < -0.3 is 14.8 Å². The average molecular weight is 555 g/mol. The Morgan fingerprint density at radius 1 is 1.10 bits per heavy atom. The molecule has 0 radical (unpaired) electrons. The first-order chi connectivity index (χ1) is 18.7. The molecule has 0 aromatic heterocycles. The highest BCUT2D eigenvalue weighted by molar-refractivity contribution is 8.14. The van der Waals surface area contributed by atoms with Crippen molar-refractivity contribution in [3.8, 4) is 11.5 Å². The number of nitro benzene ring substituents is 1. The minimum atomic E-state index is -3.00. The van der Waals surface area contributed by atoms with Gasteiger partial charge in [-0.15, -0.1) is 0 Å². The molecule has 13 heteroatoms. The van der Waals surface area contributed by atoms with E-state index >= 15 is 0 Å². The number of carbonyl (C=O) groups excluding carboxylic acids is 2. The summed E-state index contributed by atoms with van der Waals surface area (Å²) in [6.07, 6.45) is 1.56. The number of aliphatic imine (C=N–C) groups is 1. The van der Waals surface area contributed by atoms with Crippen molar-refractivity contribution in [2.45, 2.75) is 6.61 Å². The number of nitrogens with one attached hydrogen (secondary N) is 1. The van der Waals surface area contributed by atoms with Crippen molar-refractivity contribution < 1.29 is 32.8 Å². The second-order valence-corrected chi connectivity index (χ2v) is 8.76. The number of para-hydroxylation sites is 2. The molecule has 0 spiro atoms. The van der Waals surface area contributed by atoms with Gasteiger partial charge in [0, 0.05) is 6.07 Å². The molecule has 1 aliphatic rings. The molecular formula is C26H20F2N4O6S. The second kappa shape index (κ2) is 12.2. The van der Waals surface area contributed by atoms with Crippen molar-refractivity contribution in [1.29, 1.82) is 0 Å². The molecule has 0 atom stereocenters. The predicted molar refractivity (Wildman–Crippen MR) is 143 cm³/mol. The molecule has 10 nitrogen and oxygen atoms in total. The number of amides is 2. The van der Waals surface area contributed by atoms with Crippen LogP contribution in [-0.2, 0) is 9.59 Å². The van der Waals surface area contributed by atoms with Crippen LogP contribution < -0.4 is 19.7 Å². The minimum Gasteiger partial charge on any atom is -0.497 e. The molecule has 200 valence electrons. The van der Waals surface area contributed by atoms with Crippen LogP contribution in [0.3, 0.4) is 0 Å². The maximum atomic E-state index is 13.3. The van der Waals surface area contributed by atoms with E-state index in [-0.39, 0.29) is 33.7 Å². The van der Waals surface area contributed by atoms with Crippen LogP contribution in [0.25, 0.3) is 6.08 Å². The topological polar surface area (TPSA) is 123 Å². The van der Waals surface area contributed by atoms with Crippen LogP contribution >= 0.6 is 11.8 Å². The van der Waals surface area contributed by atoms with E-state index in [0.717, 1.165) is 11.8 Å². The summed E-state index contributed by atoms with van der Waals surface area (Å²) < 4.78 is 34.6. The summed E-state index contributed by atoms with van der Waals surface area (Å²) in [4.78, 5) is 42.2. The summed E-state index contributed by atoms with van der Waals surface area (Å²) in [5.41, 5.74) is 0.828. The van der Waals surface area contributed by atoms with Crippen LogP contribution in [0.5, 0.6) is 11.5 Å². The number of carbonyl (C=O) groups is 2. The Labute approximate surface area is 225 Å². The zero-order chi connectivity index (χ0) is 27.9. The molecule has 0 saturated heterocycles. The highest BCUT2D eigenvalue weighted by atomic mass is 32.2. The SMILES string of the molecule is COc1ccc(C=C2N=C(SCC(=O)Nc3ccccc3[N+](=O)[O-])N(c3ccc(OC(F)F)cc3)C2=O)cc1. The lowest BCUT2D eigenvalue weighted by atomic mass is 10.2. The molecular weight excluding hydrogens is 534 g/mol. The van der Waals surface area contributed by atoms with Gasteiger partial charge in [-0.1, -0.05) is 36.0 Å². The van der Waals surface area contributed by atoms with Gasteiger partial charge in [0.05, 0.1) is 23.5 Å². The Kier molecular flexibility index (Phi) is 8.51. The number of anilines is 2. The Morgan fingerprint density at radius 3 is 2.41 bits per heavy atom. The Balaban J connectivity index is 1.58. The maximum absolute atomic E-state index is 13.3. The fourth-order valence-corrected chi connectivity index (χ4v) is 4.32. The lowest BCUT2D eigenvalue weighted by Gasteiger charge is -2.18. The summed E-state index contributed by atoms with van der Waals surface area (Å²) >= 11 is 0.929. The number of benzene rings is 3. The van der Waals surface area contributed by atoms with Crippen LogP contribution in [0.1, 0.15) is 5.56 Å². The molecule has 4 rings (SSSR count). The van der Waals surface area contributed by atoms with Gasteiger partial charge in [0.2, 0.25) is 5.91 Å². The third kappa shape index (κ3) is 6.76. The zero-order valence-electron chi connectivity index (χ0n) is 20.2. The van der Waals surface area contributed by atoms with E-state index in [2.05, 4.69) is 15.0 Å². The van der Waals surface area contributed by atoms with E-state index in [1.54, 1.807) is 36.4 Å². The molecule has 0 bridgehead atoms. The fraction of sp³-hybridized carbons (Fsp3) is 0.115. The van der Waals surface area contributed by atoms with E-state index in [0.29, 0.717) is 17.0 Å². The van der Waals surface area contributed by atoms with Crippen molar-refractivity contribution >= 4 is 51.9 Å². The molecule has 0 aliphatic carbocycles. The molecule has 1 N–H and O–H groups in total. The van der Waals surface area contributed by atoms with E-state index < -0.39 is 23.3 Å². The number of hydrogen-bond acceptors (Lipinski definition) is 8. The van der Waals surface area contributed by atoms with Gasteiger partial charge in [-0.25, -0.2) is 4.99 Å². The van der Waals surface area contributed by atoms with Crippen LogP contribution in [0.4, 0.5) is 25.8 Å². The number of nitrogens with zero attached hydrogens (tertiary/aromatic N) is 3. The van der Waals surface area contributed by atoms with E-state index in [1.165, 1.54) is 54.5 Å². The van der Waals surface area contributed by atoms with Gasteiger partial charge in [-0.2, -0.15) is 8.78 Å². The van der Waals surface area contributed by atoms with Gasteiger partial charge in [0.1, 0.15) is 22.9 Å². The number of rotatable bonds is 9. The number of thioether (sulfide) groups is 1. The fourth-order valence-electron chi connectivity index (χ4n) is 3.51. The van der Waals surface area contributed by atoms with Crippen LogP contribution in [-0.4, -0.2) is 41.4 Å². The van der Waals surface area contributed by atoms with Crippen LogP contribution in [0, 0.1) is 10.1 Å². The van der Waals surface area contributed by atoms with Crippen molar-refractivity contribution in [2.24, 2.45) is 4.99 Å². The smallest absolute Gasteiger partial charge is 0.387 e. The third-order valence-corrected chi connectivity index (χ3v) is 6.21. The van der Waals surface area contributed by atoms with Gasteiger partial charge in [0.25, 0.3) is 11.6 Å². The van der Waals surface area contributed by atoms with E-state index in [4.69, 9.17) is 4.74 Å². The quantitative estimate of drug-likeness (QED) is 0.216. The summed E-state index contributed by atoms with van der Waals surface area (Å²) in [5.74, 6) is -0.749. The van der Waals surface area contributed by atoms with Gasteiger partial charge in [-0.3, -0.25) is 24.6 Å². The first-order valence-corrected chi connectivity index (χ1v) is 12.2. The number of amidine groups is 1. The van der Waals surface area contributed by atoms with Crippen LogP contribution in [0.15, 0.2) is 83.5 Å². The molecule has 1 aliphatic heterocycles. The Hall–Kier alpha value is -4.78. The molecule has 3 aromatic rings. The number of alkyl halides is 2. The van der Waals surface area contributed by atoms with E-state index in [9.17, 15) is 28.5 Å². The number of halogens is 2. The number of hydrogen-bond donors (Lipinski definition) is 1. The summed E-state index contributed by atoms with van der Waals surface area (Å²) in [6.45, 7) is -3.00. The largest absolute Gasteiger partial charge is 0.497 e. The standard InChI is InChI=1S/C26H20F2N4O6S/c1-37-18-10-6-16(7-11-18)14-21-24(34)31(17-8-12-19(13-9-17)38-25(27)28)26(30-21)39-15-23(33)29-20-4-2-3-5-22(20)32(35)36/h2-14,25H,15H2,1H3,(H,29,33). The van der Waals surface area contributed by atoms with Gasteiger partial charge >= 0.3 is 6.61 Å². The zero-order valence-corrected chi connectivity index (χ0v) is 21.1. The lowest BCUT2D eigenvalue weighted by molar-refractivity contribution is -0.383. The molecule has 1 heterocycles. The summed E-state index contributed by atoms with van der Waals surface area (Å²) in [5, 5.41) is 13.9. The van der Waals surface area contributed by atoms with Crippen LogP contribution in [0.2, 0.25) is 0 Å². The lowest BCUT2D eigenvalue weighted by Crippen LogP contribution is -2.31. The molecule has 0 fully saturated rings. The average Bonchev–Trinajstić information content (AvgIpc) is 3.22.